The Morgan fingerprint density at radius 1 is 1.17 bits per heavy atom. The number of hydrogen-bond donors (Lipinski definition) is 1. The van der Waals surface area contributed by atoms with Gasteiger partial charge in [0.25, 0.3) is 0 Å². The Kier molecular flexibility index (Phi) is 4.87. The lowest BCUT2D eigenvalue weighted by Crippen LogP contribution is -2.34. The van der Waals surface area contributed by atoms with Crippen LogP contribution in [0, 0.1) is 23.2 Å². The Morgan fingerprint density at radius 3 is 2.55 bits per heavy atom. The summed E-state index contributed by atoms with van der Waals surface area (Å²) in [4.78, 5) is 25.0. The van der Waals surface area contributed by atoms with Crippen LogP contribution >= 0.6 is 0 Å². The van der Waals surface area contributed by atoms with E-state index >= 15 is 0 Å². The fourth-order valence-corrected chi connectivity index (χ4v) is 5.60. The average molecular weight is 410 g/mol. The van der Waals surface area contributed by atoms with Crippen molar-refractivity contribution in [2.75, 3.05) is 6.61 Å². The Morgan fingerprint density at radius 2 is 1.86 bits per heavy atom. The quantitative estimate of drug-likeness (QED) is 0.465. The van der Waals surface area contributed by atoms with E-state index in [1.807, 2.05) is 31.2 Å². The molecule has 1 aliphatic heterocycles. The lowest BCUT2D eigenvalue weighted by molar-refractivity contribution is -0.126. The minimum Gasteiger partial charge on any atom is -0.361 e. The topological polar surface area (TPSA) is 84.1 Å². The predicted octanol–water partition coefficient (Wildman–Crippen LogP) is 3.57. The normalized spacial score (nSPS) is 26.2. The van der Waals surface area contributed by atoms with E-state index in [1.165, 1.54) is 0 Å². The van der Waals surface area contributed by atoms with Crippen LogP contribution in [0.1, 0.15) is 30.0 Å². The minimum atomic E-state index is -1.19. The molecule has 0 unspecified atom stereocenters. The van der Waals surface area contributed by atoms with Gasteiger partial charge >= 0.3 is 0 Å². The van der Waals surface area contributed by atoms with Gasteiger partial charge in [-0.3, -0.25) is 14.9 Å². The van der Waals surface area contributed by atoms with Crippen molar-refractivity contribution in [2.45, 2.75) is 51.2 Å². The number of nitrogens with one attached hydrogen (secondary N) is 1. The van der Waals surface area contributed by atoms with E-state index < -0.39 is 25.8 Å². The molecule has 152 valence electrons. The lowest BCUT2D eigenvalue weighted by atomic mass is 9.67. The maximum Gasteiger partial charge on any atom is 0.232 e. The van der Waals surface area contributed by atoms with Gasteiger partial charge in [0.05, 0.1) is 29.3 Å². The number of carbonyl (C=O) groups excluding carboxylic acids is 2. The Balaban J connectivity index is 1.80. The molecule has 1 aliphatic carbocycles. The summed E-state index contributed by atoms with van der Waals surface area (Å²) in [6.07, 6.45) is 0. The van der Waals surface area contributed by atoms with Crippen LogP contribution in [-0.2, 0) is 21.1 Å². The van der Waals surface area contributed by atoms with Crippen molar-refractivity contribution in [3.8, 4) is 6.07 Å². The molecular formula is C22H27N3O3Si. The second-order valence-electron chi connectivity index (χ2n) is 9.39. The monoisotopic (exact) mass is 409 g/mol. The van der Waals surface area contributed by atoms with E-state index in [-0.39, 0.29) is 17.7 Å². The van der Waals surface area contributed by atoms with Gasteiger partial charge in [0.1, 0.15) is 6.73 Å². The van der Waals surface area contributed by atoms with Crippen molar-refractivity contribution < 1.29 is 14.3 Å². The highest BCUT2D eigenvalue weighted by Crippen LogP contribution is 2.51. The zero-order valence-electron chi connectivity index (χ0n) is 17.4. The van der Waals surface area contributed by atoms with Crippen molar-refractivity contribution in [1.82, 2.24) is 9.88 Å². The SMILES string of the molecule is C[C@H]1c2c(c3ccccc3n2COCC[Si](C)(C)C)[C@H](C#N)[C@@H]2C(=O)NC(=O)[C@@H]21. The zero-order valence-corrected chi connectivity index (χ0v) is 18.4. The largest absolute Gasteiger partial charge is 0.361 e. The number of benzene rings is 1. The average Bonchev–Trinajstić information content (AvgIpc) is 3.14. The molecule has 1 aromatic heterocycles. The smallest absolute Gasteiger partial charge is 0.232 e. The molecule has 0 saturated carbocycles. The minimum absolute atomic E-state index is 0.168. The number of fused-ring (bicyclic) bond motifs is 4. The van der Waals surface area contributed by atoms with Crippen LogP contribution in [0.15, 0.2) is 24.3 Å². The molecule has 4 rings (SSSR count). The summed E-state index contributed by atoms with van der Waals surface area (Å²) >= 11 is 0. The van der Waals surface area contributed by atoms with E-state index in [1.54, 1.807) is 0 Å². The summed E-state index contributed by atoms with van der Waals surface area (Å²) in [6.45, 7) is 10.0. The van der Waals surface area contributed by atoms with Gasteiger partial charge in [0.2, 0.25) is 11.8 Å². The third-order valence-electron chi connectivity index (χ3n) is 6.29. The molecule has 4 atom stereocenters. The Bertz CT molecular complexity index is 1030. The summed E-state index contributed by atoms with van der Waals surface area (Å²) in [5, 5.41) is 13.4. The highest BCUT2D eigenvalue weighted by molar-refractivity contribution is 6.76. The first-order chi connectivity index (χ1) is 13.7. The molecule has 1 saturated heterocycles. The van der Waals surface area contributed by atoms with Crippen LogP contribution in [0.4, 0.5) is 0 Å². The van der Waals surface area contributed by atoms with Crippen LogP contribution < -0.4 is 5.32 Å². The number of nitriles is 1. The number of aromatic nitrogens is 1. The molecule has 2 amide bonds. The Labute approximate surface area is 171 Å². The first-order valence-corrected chi connectivity index (χ1v) is 13.9. The van der Waals surface area contributed by atoms with Gasteiger partial charge in [-0.15, -0.1) is 0 Å². The van der Waals surface area contributed by atoms with Gasteiger partial charge in [0.15, 0.2) is 0 Å². The van der Waals surface area contributed by atoms with Gasteiger partial charge in [-0.05, 0) is 17.7 Å². The van der Waals surface area contributed by atoms with Crippen LogP contribution in [0.3, 0.4) is 0 Å². The van der Waals surface area contributed by atoms with Crippen molar-refractivity contribution in [3.63, 3.8) is 0 Å². The van der Waals surface area contributed by atoms with E-state index in [2.05, 4.69) is 35.6 Å². The first kappa shape index (κ1) is 19.9. The highest BCUT2D eigenvalue weighted by Gasteiger charge is 2.54. The summed E-state index contributed by atoms with van der Waals surface area (Å²) < 4.78 is 8.16. The number of carbonyl (C=O) groups is 2. The van der Waals surface area contributed by atoms with E-state index in [4.69, 9.17) is 4.74 Å². The van der Waals surface area contributed by atoms with Gasteiger partial charge in [-0.2, -0.15) is 5.26 Å². The molecule has 6 nitrogen and oxygen atoms in total. The molecule has 29 heavy (non-hydrogen) atoms. The van der Waals surface area contributed by atoms with Crippen molar-refractivity contribution >= 4 is 30.8 Å². The zero-order chi connectivity index (χ0) is 20.9. The molecule has 1 fully saturated rings. The van der Waals surface area contributed by atoms with E-state index in [0.29, 0.717) is 13.3 Å². The maximum atomic E-state index is 12.5. The molecule has 2 heterocycles. The molecule has 1 N–H and O–H groups in total. The second-order valence-corrected chi connectivity index (χ2v) is 15.0. The number of ether oxygens (including phenoxy) is 1. The molecule has 7 heteroatoms. The molecule has 2 aliphatic rings. The standard InChI is InChI=1S/C22H27N3O3Si/c1-13-17-19(22(27)24-21(17)26)15(11-23)18-14-7-5-6-8-16(14)25(20(13)18)12-28-9-10-29(2,3)4/h5-8,13,15,17,19H,9-10,12H2,1-4H3,(H,24,26,27)/t13-,15+,17-,19+/m1/s1. The predicted molar refractivity (Wildman–Crippen MR) is 113 cm³/mol. The third kappa shape index (κ3) is 3.20. The molecule has 0 radical (unpaired) electrons. The number of rotatable bonds is 5. The summed E-state index contributed by atoms with van der Waals surface area (Å²) in [7, 11) is -1.19. The summed E-state index contributed by atoms with van der Waals surface area (Å²) in [5.41, 5.74) is 2.83. The van der Waals surface area contributed by atoms with E-state index in [0.717, 1.165) is 28.2 Å². The van der Waals surface area contributed by atoms with Gasteiger partial charge in [-0.1, -0.05) is 44.8 Å². The number of hydrogen-bond acceptors (Lipinski definition) is 4. The van der Waals surface area contributed by atoms with Crippen LogP contribution in [0.2, 0.25) is 25.7 Å². The fourth-order valence-electron chi connectivity index (χ4n) is 4.85. The molecular weight excluding hydrogens is 382 g/mol. The first-order valence-electron chi connectivity index (χ1n) is 10.2. The summed E-state index contributed by atoms with van der Waals surface area (Å²) in [6, 6.07) is 11.3. The van der Waals surface area contributed by atoms with Crippen molar-refractivity contribution in [2.24, 2.45) is 11.8 Å². The number of amides is 2. The highest BCUT2D eigenvalue weighted by atomic mass is 28.3. The second kappa shape index (κ2) is 7.12. The van der Waals surface area contributed by atoms with Gasteiger partial charge in [0, 0.05) is 31.7 Å². The Hall–Kier alpha value is -2.43. The van der Waals surface area contributed by atoms with E-state index in [9.17, 15) is 14.9 Å². The fraction of sp³-hybridized carbons (Fsp3) is 0.500. The molecule has 0 bridgehead atoms. The number of imide groups is 1. The lowest BCUT2D eigenvalue weighted by Gasteiger charge is -2.33. The van der Waals surface area contributed by atoms with Crippen molar-refractivity contribution in [3.05, 3.63) is 35.5 Å². The third-order valence-corrected chi connectivity index (χ3v) is 7.99. The number of para-hydroxylation sites is 1. The van der Waals surface area contributed by atoms with Gasteiger partial charge in [-0.25, -0.2) is 0 Å². The van der Waals surface area contributed by atoms with Crippen LogP contribution in [-0.4, -0.2) is 31.1 Å². The summed E-state index contributed by atoms with van der Waals surface area (Å²) in [5.74, 6) is -2.53. The van der Waals surface area contributed by atoms with Gasteiger partial charge < -0.3 is 9.30 Å². The van der Waals surface area contributed by atoms with Crippen LogP contribution in [0.25, 0.3) is 10.9 Å². The molecule has 1 aromatic carbocycles. The molecule has 0 spiro atoms. The number of nitrogens with zero attached hydrogens (tertiary/aromatic N) is 2. The van der Waals surface area contributed by atoms with Crippen LogP contribution in [0.5, 0.6) is 0 Å². The molecule has 2 aromatic rings. The maximum absolute atomic E-state index is 12.5. The van der Waals surface area contributed by atoms with Crippen molar-refractivity contribution in [1.29, 1.82) is 5.26 Å².